The molecule has 3 aromatic heterocycles. The molecule has 540 valence electrons. The van der Waals surface area contributed by atoms with E-state index in [2.05, 4.69) is 443 Å². The van der Waals surface area contributed by atoms with Crippen LogP contribution in [-0.2, 0) is 0 Å². The first-order valence-corrected chi connectivity index (χ1v) is 39.8. The van der Waals surface area contributed by atoms with E-state index in [0.29, 0.717) is 0 Å². The molecule has 0 unspecified atom stereocenters. The molecule has 0 radical (unpaired) electrons. The van der Waals surface area contributed by atoms with Crippen LogP contribution in [0.2, 0.25) is 0 Å². The van der Waals surface area contributed by atoms with Crippen LogP contribution in [0.3, 0.4) is 0 Å². The topological polar surface area (TPSA) is 38.7 Å². The van der Waals surface area contributed by atoms with Crippen LogP contribution in [0, 0.1) is 0 Å². The number of hydrogen-bond donors (Lipinski definition) is 0. The normalized spacial score (nSPS) is 11.4. The number of nitrogens with zero attached hydrogens (tertiary/aromatic N) is 3. The average molecular weight is 1470 g/mol. The molecule has 0 aliphatic rings. The molecule has 3 heteroatoms. The lowest BCUT2D eigenvalue weighted by Crippen LogP contribution is -1.91. The number of aromatic nitrogens is 3. The summed E-state index contributed by atoms with van der Waals surface area (Å²) in [4.78, 5) is 15.4. The van der Waals surface area contributed by atoms with Gasteiger partial charge in [0.1, 0.15) is 0 Å². The summed E-state index contributed by atoms with van der Waals surface area (Å²) in [5.74, 6) is 0. The van der Waals surface area contributed by atoms with E-state index in [1.807, 2.05) is 0 Å². The first-order valence-electron chi connectivity index (χ1n) is 39.8. The highest BCUT2D eigenvalue weighted by atomic mass is 14.7. The highest BCUT2D eigenvalue weighted by molar-refractivity contribution is 6.25. The molecule has 23 aromatic rings. The van der Waals surface area contributed by atoms with Gasteiger partial charge in [-0.2, -0.15) is 0 Å². The second kappa shape index (κ2) is 29.8. The fourth-order valence-electron chi connectivity index (χ4n) is 17.3. The molecule has 3 heterocycles. The lowest BCUT2D eigenvalue weighted by molar-refractivity contribution is 1.43. The molecule has 23 rings (SSSR count). The molecule has 3 nitrogen and oxygen atoms in total. The zero-order chi connectivity index (χ0) is 76.8. The number of rotatable bonds is 9. The fourth-order valence-corrected chi connectivity index (χ4v) is 17.3. The lowest BCUT2D eigenvalue weighted by atomic mass is 9.94. The van der Waals surface area contributed by atoms with E-state index < -0.39 is 0 Å². The summed E-state index contributed by atoms with van der Waals surface area (Å²) in [5, 5.41) is 23.5. The maximum Gasteiger partial charge on any atom is 0.0788 e. The van der Waals surface area contributed by atoms with Gasteiger partial charge in [0.15, 0.2) is 0 Å². The number of pyridine rings is 3. The van der Waals surface area contributed by atoms with Crippen molar-refractivity contribution in [3.05, 3.63) is 443 Å². The van der Waals surface area contributed by atoms with Crippen LogP contribution >= 0.6 is 0 Å². The van der Waals surface area contributed by atoms with Gasteiger partial charge in [0, 0.05) is 65.2 Å². The van der Waals surface area contributed by atoms with E-state index >= 15 is 0 Å². The summed E-state index contributed by atoms with van der Waals surface area (Å²) < 4.78 is 0. The Morgan fingerprint density at radius 1 is 0.112 bits per heavy atom. The average Bonchev–Trinajstić information content (AvgIpc) is 0.749. The van der Waals surface area contributed by atoms with Gasteiger partial charge in [0.25, 0.3) is 0 Å². The van der Waals surface area contributed by atoms with E-state index in [1.165, 1.54) is 169 Å². The van der Waals surface area contributed by atoms with Crippen LogP contribution in [0.1, 0.15) is 0 Å². The summed E-state index contributed by atoms with van der Waals surface area (Å²) in [7, 11) is 0. The van der Waals surface area contributed by atoms with Gasteiger partial charge in [-0.1, -0.05) is 400 Å². The van der Waals surface area contributed by atoms with Crippen LogP contribution in [0.5, 0.6) is 0 Å². The van der Waals surface area contributed by atoms with Crippen LogP contribution in [0.15, 0.2) is 443 Å². The molecule has 0 aliphatic heterocycles. The zero-order valence-corrected chi connectivity index (χ0v) is 63.5. The van der Waals surface area contributed by atoms with Gasteiger partial charge in [0.05, 0.1) is 33.6 Å². The van der Waals surface area contributed by atoms with Gasteiger partial charge >= 0.3 is 0 Å². The Hall–Kier alpha value is -15.3. The Morgan fingerprint density at radius 2 is 0.328 bits per heavy atom. The van der Waals surface area contributed by atoms with Crippen molar-refractivity contribution in [1.29, 1.82) is 0 Å². The SMILES string of the molecule is c1ccc(-c2ccc(-c3ccc(-c4nc5ccccc5c5c4ccc4ccccc45)cc3)cc2)cc1.c1ccc(-c2cccc(-c3ccc(-c4nc5ccccc5c5c4ccc4ccccc45)cc3)c2)cc1.c1ccc2cc(-c3ccc4cc(-c5ccc(-c6nc7ccccc7c7c6ccc6ccccc67)cc5)ccc4c3)ccc2c1. The molecule has 0 saturated carbocycles. The minimum Gasteiger partial charge on any atom is -0.247 e. The summed E-state index contributed by atoms with van der Waals surface area (Å²) in [6.45, 7) is 0. The lowest BCUT2D eigenvalue weighted by Gasteiger charge is -2.13. The second-order valence-electron chi connectivity index (χ2n) is 30.0. The second-order valence-corrected chi connectivity index (χ2v) is 30.0. The Balaban J connectivity index is 0.000000110. The predicted octanol–water partition coefficient (Wildman–Crippen LogP) is 30.9. The third kappa shape index (κ3) is 13.0. The largest absolute Gasteiger partial charge is 0.247 e. The number of benzene rings is 20. The molecule has 20 aromatic carbocycles. The van der Waals surface area contributed by atoms with Crippen LogP contribution < -0.4 is 0 Å². The van der Waals surface area contributed by atoms with Crippen molar-refractivity contribution in [3.8, 4) is 101 Å². The third-order valence-corrected chi connectivity index (χ3v) is 23.1. The molecular formula is C113H73N3. The molecule has 0 saturated heterocycles. The quantitative estimate of drug-likeness (QED) is 0.135. The van der Waals surface area contributed by atoms with Crippen molar-refractivity contribution in [2.24, 2.45) is 0 Å². The van der Waals surface area contributed by atoms with E-state index in [-0.39, 0.29) is 0 Å². The van der Waals surface area contributed by atoms with E-state index in [4.69, 9.17) is 15.0 Å². The summed E-state index contributed by atoms with van der Waals surface area (Å²) >= 11 is 0. The molecule has 0 atom stereocenters. The number of para-hydroxylation sites is 3. The van der Waals surface area contributed by atoms with Crippen LogP contribution in [0.25, 0.3) is 219 Å². The fraction of sp³-hybridized carbons (Fsp3) is 0. The van der Waals surface area contributed by atoms with Gasteiger partial charge in [-0.25, -0.2) is 15.0 Å². The van der Waals surface area contributed by atoms with Crippen molar-refractivity contribution in [2.45, 2.75) is 0 Å². The van der Waals surface area contributed by atoms with Gasteiger partial charge in [0.2, 0.25) is 0 Å². The first-order chi connectivity index (χ1) is 57.5. The molecule has 0 aliphatic carbocycles. The molecule has 0 amide bonds. The van der Waals surface area contributed by atoms with Crippen LogP contribution in [-0.4, -0.2) is 15.0 Å². The molecular weight excluding hydrogens is 1400 g/mol. The van der Waals surface area contributed by atoms with Crippen LogP contribution in [0.4, 0.5) is 0 Å². The first kappa shape index (κ1) is 68.7. The smallest absolute Gasteiger partial charge is 0.0788 e. The third-order valence-electron chi connectivity index (χ3n) is 23.1. The Labute approximate surface area is 672 Å². The van der Waals surface area contributed by atoms with Crippen molar-refractivity contribution in [1.82, 2.24) is 15.0 Å². The minimum atomic E-state index is 1.02. The van der Waals surface area contributed by atoms with E-state index in [0.717, 1.165) is 50.3 Å². The Morgan fingerprint density at radius 3 is 0.690 bits per heavy atom. The predicted molar refractivity (Wildman–Crippen MR) is 494 cm³/mol. The standard InChI is InChI=1S/C43H27N.2C35H23N/c1-2-9-32-25-34(18-15-28(32)7-1)37-22-21-35-26-33(19-20-36(35)27-37)29-13-16-31(17-14-29)43-40-24-23-30-8-3-4-10-38(30)42(40)39-11-5-6-12-41(39)44-43;1-2-9-24(10-3-1)28-12-8-13-29(23-28)25-17-19-27(20-18-25)35-32-22-21-26-11-4-5-14-30(26)34(32)31-15-6-7-16-33(31)36-35;1-2-8-24(9-3-1)25-14-16-26(17-15-25)27-18-20-29(21-19-27)35-32-23-22-28-10-4-5-11-30(28)34(32)31-12-6-7-13-33(31)36-35/h1-27H;2*1-23H. The summed E-state index contributed by atoms with van der Waals surface area (Å²) in [6.07, 6.45) is 0. The van der Waals surface area contributed by atoms with Crippen molar-refractivity contribution in [3.63, 3.8) is 0 Å². The van der Waals surface area contributed by atoms with Gasteiger partial charge < -0.3 is 0 Å². The monoisotopic (exact) mass is 1470 g/mol. The Kier molecular flexibility index (Phi) is 17.6. The number of fused-ring (bicyclic) bond motifs is 17. The van der Waals surface area contributed by atoms with E-state index in [1.54, 1.807) is 0 Å². The maximum atomic E-state index is 5.17. The number of hydrogen-bond acceptors (Lipinski definition) is 3. The maximum absolute atomic E-state index is 5.17. The molecule has 0 bridgehead atoms. The highest BCUT2D eigenvalue weighted by Gasteiger charge is 2.19. The van der Waals surface area contributed by atoms with E-state index in [9.17, 15) is 0 Å². The zero-order valence-electron chi connectivity index (χ0n) is 63.5. The summed E-state index contributed by atoms with van der Waals surface area (Å²) in [5.41, 5.74) is 24.2. The van der Waals surface area contributed by atoms with Crippen molar-refractivity contribution < 1.29 is 0 Å². The minimum absolute atomic E-state index is 1.02. The summed E-state index contributed by atoms with van der Waals surface area (Å²) in [6, 6.07) is 159. The molecule has 0 N–H and O–H groups in total. The highest BCUT2D eigenvalue weighted by Crippen LogP contribution is 2.43. The molecule has 116 heavy (non-hydrogen) atoms. The molecule has 0 fully saturated rings. The van der Waals surface area contributed by atoms with Gasteiger partial charge in [-0.05, 0) is 163 Å². The van der Waals surface area contributed by atoms with Gasteiger partial charge in [-0.3, -0.25) is 0 Å². The van der Waals surface area contributed by atoms with Crippen molar-refractivity contribution >= 4 is 119 Å². The molecule has 0 spiro atoms. The van der Waals surface area contributed by atoms with Gasteiger partial charge in [-0.15, -0.1) is 0 Å². The Bertz CT molecular complexity index is 7660. The van der Waals surface area contributed by atoms with Crippen molar-refractivity contribution in [2.75, 3.05) is 0 Å².